The van der Waals surface area contributed by atoms with Crippen LogP contribution in [0.4, 0.5) is 0 Å². The van der Waals surface area contributed by atoms with Gasteiger partial charge in [-0.05, 0) is 18.4 Å². The quantitative estimate of drug-likeness (QED) is 0.367. The van der Waals surface area contributed by atoms with Gasteiger partial charge < -0.3 is 9.63 Å². The number of esters is 1. The molecule has 0 spiro atoms. The van der Waals surface area contributed by atoms with E-state index in [4.69, 9.17) is 5.26 Å². The molecule has 0 saturated carbocycles. The molecule has 2 atom stereocenters. The lowest BCUT2D eigenvalue weighted by Gasteiger charge is -2.19. The number of hydrogen-bond donors (Lipinski definition) is 2. The molecule has 0 aromatic rings. The third-order valence-electron chi connectivity index (χ3n) is 1.90. The number of ether oxygens (including phenoxy) is 1. The predicted octanol–water partition coefficient (Wildman–Crippen LogP) is 0.901. The van der Waals surface area contributed by atoms with Gasteiger partial charge in [0, 0.05) is 0 Å². The molecule has 0 amide bonds. The van der Waals surface area contributed by atoms with Crippen molar-refractivity contribution in [1.82, 2.24) is 5.09 Å². The molecule has 7 nitrogen and oxygen atoms in total. The fourth-order valence-electron chi connectivity index (χ4n) is 1.06. The number of nitrogens with zero attached hydrogens (tertiary/aromatic N) is 1. The molecule has 0 aromatic carbocycles. The minimum atomic E-state index is -4.10. The maximum absolute atomic E-state index is 11.6. The Morgan fingerprint density at radius 1 is 1.67 bits per heavy atom. The van der Waals surface area contributed by atoms with Gasteiger partial charge in [0.05, 0.1) is 26.2 Å². The maximum Gasteiger partial charge on any atom is 0.403 e. The third-order valence-corrected chi connectivity index (χ3v) is 3.71. The molecule has 0 aliphatic carbocycles. The first kappa shape index (κ1) is 17.4. The average Bonchev–Trinajstić information content (AvgIpc) is 2.33. The molecule has 18 heavy (non-hydrogen) atoms. The van der Waals surface area contributed by atoms with Crippen LogP contribution in [0, 0.1) is 11.3 Å². The fourth-order valence-corrected chi connectivity index (χ4v) is 2.58. The van der Waals surface area contributed by atoms with Crippen LogP contribution in [-0.4, -0.2) is 42.6 Å². The van der Waals surface area contributed by atoms with Gasteiger partial charge in [-0.1, -0.05) is 0 Å². The van der Waals surface area contributed by atoms with Crippen LogP contribution in [0.15, 0.2) is 0 Å². The molecule has 0 aliphatic rings. The SMILES string of the molecule is COC(=O)C(CCSC)NP(=O)(O)OCCC#N. The van der Waals surface area contributed by atoms with Crippen molar-refractivity contribution in [2.75, 3.05) is 25.7 Å². The number of nitrogens with one attached hydrogen (secondary N) is 1. The van der Waals surface area contributed by atoms with Crippen LogP contribution in [0.2, 0.25) is 0 Å². The predicted molar refractivity (Wildman–Crippen MR) is 67.9 cm³/mol. The zero-order chi connectivity index (χ0) is 14.0. The lowest BCUT2D eigenvalue weighted by molar-refractivity contribution is -0.142. The molecular formula is C9H17N2O5PS. The number of nitriles is 1. The highest BCUT2D eigenvalue weighted by molar-refractivity contribution is 7.98. The molecule has 0 bridgehead atoms. The van der Waals surface area contributed by atoms with E-state index in [0.717, 1.165) is 0 Å². The van der Waals surface area contributed by atoms with Crippen LogP contribution < -0.4 is 5.09 Å². The lowest BCUT2D eigenvalue weighted by Crippen LogP contribution is -2.36. The summed E-state index contributed by atoms with van der Waals surface area (Å²) < 4.78 is 20.7. The van der Waals surface area contributed by atoms with Gasteiger partial charge in [0.1, 0.15) is 6.04 Å². The van der Waals surface area contributed by atoms with Crippen LogP contribution >= 0.6 is 19.5 Å². The Bertz CT molecular complexity index is 346. The highest BCUT2D eigenvalue weighted by Crippen LogP contribution is 2.38. The molecular weight excluding hydrogens is 279 g/mol. The Labute approximate surface area is 110 Å². The van der Waals surface area contributed by atoms with Crippen molar-refractivity contribution in [3.63, 3.8) is 0 Å². The Balaban J connectivity index is 4.40. The van der Waals surface area contributed by atoms with Gasteiger partial charge in [0.25, 0.3) is 0 Å². The van der Waals surface area contributed by atoms with Crippen molar-refractivity contribution >= 4 is 25.5 Å². The van der Waals surface area contributed by atoms with Gasteiger partial charge in [-0.25, -0.2) is 9.65 Å². The van der Waals surface area contributed by atoms with Crippen LogP contribution in [0.3, 0.4) is 0 Å². The van der Waals surface area contributed by atoms with E-state index in [-0.39, 0.29) is 13.0 Å². The Kier molecular flexibility index (Phi) is 9.06. The largest absolute Gasteiger partial charge is 0.468 e. The summed E-state index contributed by atoms with van der Waals surface area (Å²) in [4.78, 5) is 20.8. The van der Waals surface area contributed by atoms with E-state index in [1.54, 1.807) is 6.07 Å². The van der Waals surface area contributed by atoms with Gasteiger partial charge >= 0.3 is 13.7 Å². The van der Waals surface area contributed by atoms with E-state index in [1.807, 2.05) is 6.26 Å². The van der Waals surface area contributed by atoms with Gasteiger partial charge in [0.2, 0.25) is 0 Å². The van der Waals surface area contributed by atoms with E-state index in [2.05, 4.69) is 14.3 Å². The summed E-state index contributed by atoms with van der Waals surface area (Å²) in [6.07, 6.45) is 2.20. The second-order valence-corrected chi connectivity index (χ2v) is 5.79. The molecule has 0 saturated heterocycles. The first-order valence-corrected chi connectivity index (χ1v) is 8.12. The fraction of sp³-hybridized carbons (Fsp3) is 0.778. The summed E-state index contributed by atoms with van der Waals surface area (Å²) in [5, 5.41) is 10.5. The molecule has 0 aliphatic heterocycles. The lowest BCUT2D eigenvalue weighted by atomic mass is 10.2. The molecule has 0 aromatic heterocycles. The van der Waals surface area contributed by atoms with Crippen LogP contribution in [0.5, 0.6) is 0 Å². The summed E-state index contributed by atoms with van der Waals surface area (Å²) in [7, 11) is -2.89. The Hall–Kier alpha value is -0.580. The topological polar surface area (TPSA) is 109 Å². The zero-order valence-electron chi connectivity index (χ0n) is 10.3. The molecule has 104 valence electrons. The summed E-state index contributed by atoms with van der Waals surface area (Å²) in [5.41, 5.74) is 0. The number of thioether (sulfide) groups is 1. The number of carbonyl (C=O) groups excluding carboxylic acids is 1. The van der Waals surface area contributed by atoms with Crippen molar-refractivity contribution in [1.29, 1.82) is 5.26 Å². The monoisotopic (exact) mass is 296 g/mol. The minimum absolute atomic E-state index is 0.0000667. The number of hydrogen-bond acceptors (Lipinski definition) is 6. The van der Waals surface area contributed by atoms with Gasteiger partial charge in [-0.2, -0.15) is 17.0 Å². The van der Waals surface area contributed by atoms with Gasteiger partial charge in [-0.15, -0.1) is 0 Å². The second kappa shape index (κ2) is 9.36. The molecule has 2 unspecified atom stereocenters. The van der Waals surface area contributed by atoms with Crippen molar-refractivity contribution in [3.8, 4) is 6.07 Å². The normalized spacial score (nSPS) is 15.4. The first-order valence-electron chi connectivity index (χ1n) is 5.15. The maximum atomic E-state index is 11.6. The van der Waals surface area contributed by atoms with Gasteiger partial charge in [0.15, 0.2) is 0 Å². The Morgan fingerprint density at radius 3 is 2.83 bits per heavy atom. The van der Waals surface area contributed by atoms with Gasteiger partial charge in [-0.3, -0.25) is 9.32 Å². The van der Waals surface area contributed by atoms with E-state index >= 15 is 0 Å². The summed E-state index contributed by atoms with van der Waals surface area (Å²) in [5.74, 6) is 0.00697. The number of rotatable bonds is 9. The van der Waals surface area contributed by atoms with Crippen molar-refractivity contribution in [2.24, 2.45) is 0 Å². The summed E-state index contributed by atoms with van der Waals surface area (Å²) in [6, 6.07) is 0.879. The highest BCUT2D eigenvalue weighted by atomic mass is 32.2. The van der Waals surface area contributed by atoms with Crippen molar-refractivity contribution in [3.05, 3.63) is 0 Å². The van der Waals surface area contributed by atoms with E-state index in [0.29, 0.717) is 12.2 Å². The molecule has 0 heterocycles. The molecule has 0 radical (unpaired) electrons. The minimum Gasteiger partial charge on any atom is -0.468 e. The molecule has 9 heteroatoms. The standard InChI is InChI=1S/C9H17N2O5PS/c1-15-9(12)8(4-7-18-2)11-17(13,14)16-6-3-5-10/h8H,3-4,6-7H2,1-2H3,(H2,11,13,14). The van der Waals surface area contributed by atoms with E-state index in [1.165, 1.54) is 18.9 Å². The Morgan fingerprint density at radius 2 is 2.33 bits per heavy atom. The smallest absolute Gasteiger partial charge is 0.403 e. The van der Waals surface area contributed by atoms with Crippen molar-refractivity contribution in [2.45, 2.75) is 18.9 Å². The molecule has 0 fully saturated rings. The van der Waals surface area contributed by atoms with Crippen LogP contribution in [0.25, 0.3) is 0 Å². The zero-order valence-corrected chi connectivity index (χ0v) is 12.0. The first-order chi connectivity index (χ1) is 8.46. The van der Waals surface area contributed by atoms with E-state index in [9.17, 15) is 14.3 Å². The summed E-state index contributed by atoms with van der Waals surface area (Å²) >= 11 is 1.50. The number of carbonyl (C=O) groups is 1. The second-order valence-electron chi connectivity index (χ2n) is 3.25. The number of methoxy groups -OCH3 is 1. The van der Waals surface area contributed by atoms with Crippen molar-refractivity contribution < 1.29 is 23.5 Å². The third kappa shape index (κ3) is 7.69. The average molecular weight is 296 g/mol. The molecule has 0 rings (SSSR count). The highest BCUT2D eigenvalue weighted by Gasteiger charge is 2.29. The summed E-state index contributed by atoms with van der Waals surface area (Å²) in [6.45, 7) is -0.173. The van der Waals surface area contributed by atoms with Crippen LogP contribution in [-0.2, 0) is 18.6 Å². The van der Waals surface area contributed by atoms with Crippen LogP contribution in [0.1, 0.15) is 12.8 Å². The molecule has 2 N–H and O–H groups in total. The van der Waals surface area contributed by atoms with E-state index < -0.39 is 19.8 Å².